The third-order valence-corrected chi connectivity index (χ3v) is 4.49. The van der Waals surface area contributed by atoms with Crippen LogP contribution in [0.3, 0.4) is 0 Å². The fourth-order valence-electron chi connectivity index (χ4n) is 3.16. The molecule has 2 unspecified atom stereocenters. The van der Waals surface area contributed by atoms with Crippen LogP contribution in [0.2, 0.25) is 0 Å². The molecular weight excluding hydrogens is 316 g/mol. The monoisotopic (exact) mass is 340 g/mol. The molecular formula is C20H24N2O3. The van der Waals surface area contributed by atoms with E-state index in [1.54, 1.807) is 0 Å². The quantitative estimate of drug-likeness (QED) is 0.757. The van der Waals surface area contributed by atoms with Crippen LogP contribution < -0.4 is 10.6 Å². The SMILES string of the molecule is O=C(NCc1cccc(CO)c1)NCC1CCOC1c1ccccc1. The van der Waals surface area contributed by atoms with Crippen molar-refractivity contribution in [1.82, 2.24) is 10.6 Å². The first kappa shape index (κ1) is 17.5. The summed E-state index contributed by atoms with van der Waals surface area (Å²) in [4.78, 5) is 12.1. The minimum Gasteiger partial charge on any atom is -0.392 e. The lowest BCUT2D eigenvalue weighted by molar-refractivity contribution is 0.0910. The Morgan fingerprint density at radius 3 is 2.68 bits per heavy atom. The fourth-order valence-corrected chi connectivity index (χ4v) is 3.16. The summed E-state index contributed by atoms with van der Waals surface area (Å²) >= 11 is 0. The highest BCUT2D eigenvalue weighted by atomic mass is 16.5. The number of carbonyl (C=O) groups excluding carboxylic acids is 1. The molecule has 1 aliphatic rings. The topological polar surface area (TPSA) is 70.6 Å². The zero-order valence-electron chi connectivity index (χ0n) is 14.2. The van der Waals surface area contributed by atoms with E-state index in [1.807, 2.05) is 42.5 Å². The largest absolute Gasteiger partial charge is 0.392 e. The lowest BCUT2D eigenvalue weighted by Crippen LogP contribution is -2.38. The molecule has 1 heterocycles. The average molecular weight is 340 g/mol. The van der Waals surface area contributed by atoms with Crippen LogP contribution in [-0.2, 0) is 17.9 Å². The van der Waals surface area contributed by atoms with Gasteiger partial charge in [-0.05, 0) is 23.1 Å². The normalized spacial score (nSPS) is 19.6. The Morgan fingerprint density at radius 1 is 1.08 bits per heavy atom. The van der Waals surface area contributed by atoms with E-state index in [-0.39, 0.29) is 24.7 Å². The molecule has 2 atom stereocenters. The van der Waals surface area contributed by atoms with Crippen LogP contribution in [0, 0.1) is 5.92 Å². The van der Waals surface area contributed by atoms with E-state index in [0.717, 1.165) is 29.7 Å². The van der Waals surface area contributed by atoms with E-state index < -0.39 is 0 Å². The Morgan fingerprint density at radius 2 is 1.88 bits per heavy atom. The molecule has 0 aliphatic carbocycles. The number of hydrogen-bond donors (Lipinski definition) is 3. The van der Waals surface area contributed by atoms with Gasteiger partial charge in [0.05, 0.1) is 12.7 Å². The van der Waals surface area contributed by atoms with Gasteiger partial charge in [0.15, 0.2) is 0 Å². The fraction of sp³-hybridized carbons (Fsp3) is 0.350. The van der Waals surface area contributed by atoms with Crippen molar-refractivity contribution in [3.05, 3.63) is 71.3 Å². The summed E-state index contributed by atoms with van der Waals surface area (Å²) in [6, 6.07) is 17.5. The molecule has 3 N–H and O–H groups in total. The third-order valence-electron chi connectivity index (χ3n) is 4.49. The Kier molecular flexibility index (Phi) is 6.04. The summed E-state index contributed by atoms with van der Waals surface area (Å²) < 4.78 is 5.84. The standard InChI is InChI=1S/C20H24N2O3/c23-14-16-6-4-5-15(11-16)12-21-20(24)22-13-18-9-10-25-19(18)17-7-2-1-3-8-17/h1-8,11,18-19,23H,9-10,12-14H2,(H2,21,22,24). The van der Waals surface area contributed by atoms with Gasteiger partial charge in [0.1, 0.15) is 0 Å². The van der Waals surface area contributed by atoms with Crippen LogP contribution in [0.25, 0.3) is 0 Å². The number of aliphatic hydroxyl groups excluding tert-OH is 1. The van der Waals surface area contributed by atoms with E-state index in [9.17, 15) is 4.79 Å². The van der Waals surface area contributed by atoms with E-state index in [1.165, 1.54) is 0 Å². The zero-order valence-corrected chi connectivity index (χ0v) is 14.2. The van der Waals surface area contributed by atoms with Crippen molar-refractivity contribution in [2.75, 3.05) is 13.2 Å². The number of amides is 2. The second-order valence-electron chi connectivity index (χ2n) is 6.29. The third kappa shape index (κ3) is 4.81. The molecule has 0 saturated carbocycles. The number of carbonyl (C=O) groups is 1. The molecule has 0 radical (unpaired) electrons. The maximum absolute atomic E-state index is 12.1. The first-order valence-electron chi connectivity index (χ1n) is 8.63. The molecule has 0 spiro atoms. The summed E-state index contributed by atoms with van der Waals surface area (Å²) in [5, 5.41) is 15.0. The Balaban J connectivity index is 1.47. The average Bonchev–Trinajstić information content (AvgIpc) is 3.14. The predicted molar refractivity (Wildman–Crippen MR) is 95.8 cm³/mol. The molecule has 1 saturated heterocycles. The molecule has 1 aliphatic heterocycles. The summed E-state index contributed by atoms with van der Waals surface area (Å²) in [6.45, 7) is 1.75. The lowest BCUT2D eigenvalue weighted by Gasteiger charge is -2.19. The van der Waals surface area contributed by atoms with E-state index >= 15 is 0 Å². The van der Waals surface area contributed by atoms with Gasteiger partial charge in [-0.3, -0.25) is 0 Å². The van der Waals surface area contributed by atoms with Crippen LogP contribution in [-0.4, -0.2) is 24.3 Å². The lowest BCUT2D eigenvalue weighted by atomic mass is 9.95. The van der Waals surface area contributed by atoms with E-state index in [2.05, 4.69) is 22.8 Å². The Hall–Kier alpha value is -2.37. The molecule has 25 heavy (non-hydrogen) atoms. The van der Waals surface area contributed by atoms with Crippen LogP contribution >= 0.6 is 0 Å². The second kappa shape index (κ2) is 8.65. The number of ether oxygens (including phenoxy) is 1. The van der Waals surface area contributed by atoms with Gasteiger partial charge in [-0.1, -0.05) is 54.6 Å². The van der Waals surface area contributed by atoms with E-state index in [0.29, 0.717) is 13.1 Å². The maximum atomic E-state index is 12.1. The van der Waals surface area contributed by atoms with Gasteiger partial charge in [-0.25, -0.2) is 4.79 Å². The van der Waals surface area contributed by atoms with Crippen molar-refractivity contribution in [3.63, 3.8) is 0 Å². The van der Waals surface area contributed by atoms with Crippen molar-refractivity contribution < 1.29 is 14.6 Å². The summed E-state index contributed by atoms with van der Waals surface area (Å²) in [7, 11) is 0. The van der Waals surface area contributed by atoms with Crippen molar-refractivity contribution in [3.8, 4) is 0 Å². The summed E-state index contributed by atoms with van der Waals surface area (Å²) in [6.07, 6.45) is 0.987. The van der Waals surface area contributed by atoms with Gasteiger partial charge in [0, 0.05) is 25.6 Å². The molecule has 2 aromatic carbocycles. The second-order valence-corrected chi connectivity index (χ2v) is 6.29. The Bertz CT molecular complexity index is 690. The van der Waals surface area contributed by atoms with Gasteiger partial charge in [-0.15, -0.1) is 0 Å². The van der Waals surface area contributed by atoms with Crippen LogP contribution in [0.5, 0.6) is 0 Å². The molecule has 1 fully saturated rings. The van der Waals surface area contributed by atoms with Crippen molar-refractivity contribution >= 4 is 6.03 Å². The van der Waals surface area contributed by atoms with Crippen LogP contribution in [0.15, 0.2) is 54.6 Å². The van der Waals surface area contributed by atoms with Gasteiger partial charge < -0.3 is 20.5 Å². The first-order chi connectivity index (χ1) is 12.3. The number of urea groups is 1. The molecule has 0 aromatic heterocycles. The molecule has 5 heteroatoms. The highest BCUT2D eigenvalue weighted by Gasteiger charge is 2.29. The van der Waals surface area contributed by atoms with Gasteiger partial charge in [-0.2, -0.15) is 0 Å². The maximum Gasteiger partial charge on any atom is 0.315 e. The first-order valence-corrected chi connectivity index (χ1v) is 8.63. The molecule has 2 amide bonds. The molecule has 0 bridgehead atoms. The van der Waals surface area contributed by atoms with E-state index in [4.69, 9.17) is 9.84 Å². The highest BCUT2D eigenvalue weighted by Crippen LogP contribution is 2.33. The molecule has 3 rings (SSSR count). The van der Waals surface area contributed by atoms with Crippen LogP contribution in [0.1, 0.15) is 29.2 Å². The Labute approximate surface area is 148 Å². The minimum absolute atomic E-state index is 0.00257. The minimum atomic E-state index is -0.187. The smallest absolute Gasteiger partial charge is 0.315 e. The van der Waals surface area contributed by atoms with Gasteiger partial charge in [0.2, 0.25) is 0 Å². The molecule has 132 valence electrons. The number of nitrogens with one attached hydrogen (secondary N) is 2. The van der Waals surface area contributed by atoms with Crippen LogP contribution in [0.4, 0.5) is 4.79 Å². The summed E-state index contributed by atoms with van der Waals surface area (Å²) in [5.41, 5.74) is 2.97. The number of aliphatic hydroxyl groups is 1. The molecule has 2 aromatic rings. The molecule has 5 nitrogen and oxygen atoms in total. The van der Waals surface area contributed by atoms with Crippen molar-refractivity contribution in [1.29, 1.82) is 0 Å². The predicted octanol–water partition coefficient (Wildman–Crippen LogP) is 2.76. The summed E-state index contributed by atoms with van der Waals surface area (Å²) in [5.74, 6) is 0.283. The van der Waals surface area contributed by atoms with Crippen molar-refractivity contribution in [2.24, 2.45) is 5.92 Å². The number of hydrogen-bond acceptors (Lipinski definition) is 3. The van der Waals surface area contributed by atoms with Gasteiger partial charge in [0.25, 0.3) is 0 Å². The number of benzene rings is 2. The van der Waals surface area contributed by atoms with Gasteiger partial charge >= 0.3 is 6.03 Å². The highest BCUT2D eigenvalue weighted by molar-refractivity contribution is 5.73. The number of rotatable bonds is 6. The zero-order chi connectivity index (χ0) is 17.5. The van der Waals surface area contributed by atoms with Crippen molar-refractivity contribution in [2.45, 2.75) is 25.7 Å².